The number of nitrogen functional groups attached to an aromatic ring is 1. The zero-order valence-electron chi connectivity index (χ0n) is 11.7. The second-order valence-corrected chi connectivity index (χ2v) is 5.33. The Morgan fingerprint density at radius 3 is 2.81 bits per heavy atom. The van der Waals surface area contributed by atoms with Gasteiger partial charge in [-0.2, -0.15) is 0 Å². The van der Waals surface area contributed by atoms with Gasteiger partial charge in [-0.25, -0.2) is 0 Å². The maximum atomic E-state index is 11.1. The van der Waals surface area contributed by atoms with Crippen LogP contribution in [0.15, 0.2) is 42.5 Å². The molecule has 1 aliphatic rings. The molecule has 0 aromatic heterocycles. The van der Waals surface area contributed by atoms with E-state index < -0.39 is 0 Å². The zero-order valence-corrected chi connectivity index (χ0v) is 11.7. The molecular weight excluding hydrogens is 266 g/mol. The predicted octanol–water partition coefficient (Wildman–Crippen LogP) is 2.74. The standard InChI is InChI=1S/C16H17N3O2/c17-15-6-3-5-12-10-18(9-8-14(12)15)11-13-4-1-2-7-16(13)19(20)21/h1-7H,8-11,17H2. The number of nitro benzene ring substituents is 1. The molecule has 5 heteroatoms. The second kappa shape index (κ2) is 5.54. The Morgan fingerprint density at radius 1 is 1.19 bits per heavy atom. The average molecular weight is 283 g/mol. The number of nitro groups is 1. The SMILES string of the molecule is Nc1cccc2c1CCN(Cc1ccccc1[N+](=O)[O-])C2. The van der Waals surface area contributed by atoms with Crippen LogP contribution < -0.4 is 5.73 Å². The number of hydrogen-bond acceptors (Lipinski definition) is 4. The molecular formula is C16H17N3O2. The van der Waals surface area contributed by atoms with Crippen LogP contribution in [0.3, 0.4) is 0 Å². The molecule has 3 rings (SSSR count). The molecule has 0 saturated heterocycles. The monoisotopic (exact) mass is 283 g/mol. The smallest absolute Gasteiger partial charge is 0.273 e. The molecule has 0 atom stereocenters. The van der Waals surface area contributed by atoms with Gasteiger partial charge in [-0.05, 0) is 23.6 Å². The van der Waals surface area contributed by atoms with Crippen molar-refractivity contribution in [3.8, 4) is 0 Å². The highest BCUT2D eigenvalue weighted by Crippen LogP contribution is 2.26. The lowest BCUT2D eigenvalue weighted by Crippen LogP contribution is -2.30. The highest BCUT2D eigenvalue weighted by atomic mass is 16.6. The number of fused-ring (bicyclic) bond motifs is 1. The summed E-state index contributed by atoms with van der Waals surface area (Å²) in [6.07, 6.45) is 0.892. The predicted molar refractivity (Wildman–Crippen MR) is 81.8 cm³/mol. The first-order valence-electron chi connectivity index (χ1n) is 6.96. The maximum Gasteiger partial charge on any atom is 0.273 e. The van der Waals surface area contributed by atoms with E-state index in [2.05, 4.69) is 11.0 Å². The zero-order chi connectivity index (χ0) is 14.8. The van der Waals surface area contributed by atoms with Crippen LogP contribution in [0.4, 0.5) is 11.4 Å². The van der Waals surface area contributed by atoms with Gasteiger partial charge >= 0.3 is 0 Å². The van der Waals surface area contributed by atoms with E-state index >= 15 is 0 Å². The third-order valence-electron chi connectivity index (χ3n) is 3.96. The van der Waals surface area contributed by atoms with Crippen molar-refractivity contribution in [1.29, 1.82) is 0 Å². The van der Waals surface area contributed by atoms with Gasteiger partial charge < -0.3 is 5.73 Å². The van der Waals surface area contributed by atoms with E-state index in [1.807, 2.05) is 24.3 Å². The minimum absolute atomic E-state index is 0.191. The Morgan fingerprint density at radius 2 is 2.00 bits per heavy atom. The molecule has 0 fully saturated rings. The normalized spacial score (nSPS) is 14.7. The van der Waals surface area contributed by atoms with Crippen molar-refractivity contribution in [2.24, 2.45) is 0 Å². The van der Waals surface area contributed by atoms with E-state index in [1.165, 1.54) is 11.1 Å². The van der Waals surface area contributed by atoms with Gasteiger partial charge in [0.2, 0.25) is 0 Å². The highest BCUT2D eigenvalue weighted by molar-refractivity contribution is 5.52. The maximum absolute atomic E-state index is 11.1. The van der Waals surface area contributed by atoms with Crippen molar-refractivity contribution >= 4 is 11.4 Å². The average Bonchev–Trinajstić information content (AvgIpc) is 2.48. The van der Waals surface area contributed by atoms with Crippen LogP contribution in [0.2, 0.25) is 0 Å². The minimum atomic E-state index is -0.314. The molecule has 2 N–H and O–H groups in total. The summed E-state index contributed by atoms with van der Waals surface area (Å²) in [6, 6.07) is 12.9. The molecule has 1 heterocycles. The minimum Gasteiger partial charge on any atom is -0.398 e. The molecule has 108 valence electrons. The first-order valence-corrected chi connectivity index (χ1v) is 6.96. The molecule has 0 unspecified atom stereocenters. The van der Waals surface area contributed by atoms with E-state index in [9.17, 15) is 10.1 Å². The third-order valence-corrected chi connectivity index (χ3v) is 3.96. The number of anilines is 1. The molecule has 0 amide bonds. The summed E-state index contributed by atoms with van der Waals surface area (Å²) < 4.78 is 0. The largest absolute Gasteiger partial charge is 0.398 e. The molecule has 21 heavy (non-hydrogen) atoms. The van der Waals surface area contributed by atoms with Gasteiger partial charge in [-0.15, -0.1) is 0 Å². The number of rotatable bonds is 3. The first-order chi connectivity index (χ1) is 10.1. The van der Waals surface area contributed by atoms with Crippen LogP contribution in [0.1, 0.15) is 16.7 Å². The Hall–Kier alpha value is -2.40. The Labute approximate surface area is 123 Å². The van der Waals surface area contributed by atoms with Gasteiger partial charge in [0.15, 0.2) is 0 Å². The van der Waals surface area contributed by atoms with Crippen molar-refractivity contribution in [1.82, 2.24) is 4.90 Å². The van der Waals surface area contributed by atoms with E-state index in [0.717, 1.165) is 30.8 Å². The van der Waals surface area contributed by atoms with Crippen molar-refractivity contribution in [3.05, 3.63) is 69.3 Å². The Balaban J connectivity index is 1.81. The Bertz CT molecular complexity index is 685. The molecule has 0 bridgehead atoms. The number of hydrogen-bond donors (Lipinski definition) is 1. The molecule has 0 aliphatic carbocycles. The van der Waals surface area contributed by atoms with Crippen molar-refractivity contribution in [2.45, 2.75) is 19.5 Å². The summed E-state index contributed by atoms with van der Waals surface area (Å²) in [5, 5.41) is 11.1. The van der Waals surface area contributed by atoms with Crippen LogP contribution in [0, 0.1) is 10.1 Å². The first kappa shape index (κ1) is 13.6. The van der Waals surface area contributed by atoms with E-state index in [0.29, 0.717) is 6.54 Å². The van der Waals surface area contributed by atoms with Crippen molar-refractivity contribution in [2.75, 3.05) is 12.3 Å². The van der Waals surface area contributed by atoms with Gasteiger partial charge in [-0.3, -0.25) is 15.0 Å². The van der Waals surface area contributed by atoms with E-state index in [-0.39, 0.29) is 10.6 Å². The van der Waals surface area contributed by atoms with Gasteiger partial charge in [0.05, 0.1) is 4.92 Å². The third kappa shape index (κ3) is 2.73. The van der Waals surface area contributed by atoms with Gasteiger partial charge in [0, 0.05) is 37.0 Å². The fraction of sp³-hybridized carbons (Fsp3) is 0.250. The van der Waals surface area contributed by atoms with Crippen LogP contribution in [0.25, 0.3) is 0 Å². The molecule has 2 aromatic rings. The number of benzene rings is 2. The lowest BCUT2D eigenvalue weighted by Gasteiger charge is -2.29. The van der Waals surface area contributed by atoms with Gasteiger partial charge in [0.1, 0.15) is 0 Å². The topological polar surface area (TPSA) is 72.4 Å². The summed E-state index contributed by atoms with van der Waals surface area (Å²) in [7, 11) is 0. The van der Waals surface area contributed by atoms with Crippen LogP contribution >= 0.6 is 0 Å². The lowest BCUT2D eigenvalue weighted by molar-refractivity contribution is -0.385. The number of para-hydroxylation sites is 1. The number of nitrogens with two attached hydrogens (primary N) is 1. The molecule has 5 nitrogen and oxygen atoms in total. The summed E-state index contributed by atoms with van der Waals surface area (Å²) in [5.41, 5.74) is 10.2. The van der Waals surface area contributed by atoms with E-state index in [1.54, 1.807) is 12.1 Å². The number of nitrogens with zero attached hydrogens (tertiary/aromatic N) is 2. The lowest BCUT2D eigenvalue weighted by atomic mass is 9.97. The summed E-state index contributed by atoms with van der Waals surface area (Å²) in [5.74, 6) is 0. The second-order valence-electron chi connectivity index (χ2n) is 5.33. The molecule has 0 radical (unpaired) electrons. The molecule has 2 aromatic carbocycles. The fourth-order valence-corrected chi connectivity index (χ4v) is 2.90. The summed E-state index contributed by atoms with van der Waals surface area (Å²) in [6.45, 7) is 2.24. The molecule has 0 spiro atoms. The van der Waals surface area contributed by atoms with Crippen molar-refractivity contribution in [3.63, 3.8) is 0 Å². The van der Waals surface area contributed by atoms with E-state index in [4.69, 9.17) is 5.73 Å². The van der Waals surface area contributed by atoms with Crippen molar-refractivity contribution < 1.29 is 4.92 Å². The fourth-order valence-electron chi connectivity index (χ4n) is 2.90. The summed E-state index contributed by atoms with van der Waals surface area (Å²) in [4.78, 5) is 13.0. The highest BCUT2D eigenvalue weighted by Gasteiger charge is 2.21. The van der Waals surface area contributed by atoms with Crippen LogP contribution in [-0.2, 0) is 19.5 Å². The van der Waals surface area contributed by atoms with Crippen LogP contribution in [0.5, 0.6) is 0 Å². The van der Waals surface area contributed by atoms with Gasteiger partial charge in [0.25, 0.3) is 5.69 Å². The summed E-state index contributed by atoms with van der Waals surface area (Å²) >= 11 is 0. The van der Waals surface area contributed by atoms with Crippen LogP contribution in [-0.4, -0.2) is 16.4 Å². The van der Waals surface area contributed by atoms with Gasteiger partial charge in [-0.1, -0.05) is 30.3 Å². The molecule has 1 aliphatic heterocycles. The quantitative estimate of drug-likeness (QED) is 0.534. The molecule has 0 saturated carbocycles. The Kier molecular flexibility index (Phi) is 3.58.